The zero-order valence-corrected chi connectivity index (χ0v) is 10.8. The molecule has 0 bridgehead atoms. The highest BCUT2D eigenvalue weighted by atomic mass is 19.1. The molecule has 0 radical (unpaired) electrons. The Morgan fingerprint density at radius 3 is 2.50 bits per heavy atom. The van der Waals surface area contributed by atoms with Crippen molar-refractivity contribution in [2.24, 2.45) is 0 Å². The highest BCUT2D eigenvalue weighted by molar-refractivity contribution is 5.60. The summed E-state index contributed by atoms with van der Waals surface area (Å²) in [6.45, 7) is 0. The summed E-state index contributed by atoms with van der Waals surface area (Å²) in [5, 5.41) is 8.77. The van der Waals surface area contributed by atoms with E-state index in [1.165, 1.54) is 12.1 Å². The second-order valence-corrected chi connectivity index (χ2v) is 4.99. The number of hydrogen-bond donors (Lipinski definition) is 0. The van der Waals surface area contributed by atoms with E-state index in [0.717, 1.165) is 24.1 Å². The van der Waals surface area contributed by atoms with Crippen LogP contribution in [0.1, 0.15) is 24.4 Å². The molecule has 2 aromatic rings. The molecule has 20 heavy (non-hydrogen) atoms. The standard InChI is InChI=1S/C16H13FN2O/c17-13-4-1-11(2-5-13)15-8-3-12(9-10-18)16(20)19(15)14-6-7-14/h1-5,8,14H,6-7,9H2. The van der Waals surface area contributed by atoms with E-state index in [-0.39, 0.29) is 23.8 Å². The van der Waals surface area contributed by atoms with Gasteiger partial charge in [-0.05, 0) is 48.7 Å². The van der Waals surface area contributed by atoms with Gasteiger partial charge in [0.15, 0.2) is 0 Å². The molecule has 1 aliphatic carbocycles. The maximum atomic E-state index is 13.0. The minimum Gasteiger partial charge on any atom is -0.305 e. The predicted octanol–water partition coefficient (Wildman–Crippen LogP) is 3.06. The Morgan fingerprint density at radius 2 is 1.90 bits per heavy atom. The first-order valence-electron chi connectivity index (χ1n) is 6.58. The molecule has 3 nitrogen and oxygen atoms in total. The first-order chi connectivity index (χ1) is 9.70. The second kappa shape index (κ2) is 4.93. The van der Waals surface area contributed by atoms with Crippen LogP contribution in [0.4, 0.5) is 4.39 Å². The second-order valence-electron chi connectivity index (χ2n) is 4.99. The Bertz CT molecular complexity index is 737. The van der Waals surface area contributed by atoms with Gasteiger partial charge in [0, 0.05) is 11.6 Å². The highest BCUT2D eigenvalue weighted by Crippen LogP contribution is 2.37. The van der Waals surface area contributed by atoms with Crippen molar-refractivity contribution < 1.29 is 4.39 Å². The van der Waals surface area contributed by atoms with Gasteiger partial charge in [0.2, 0.25) is 0 Å². The average molecular weight is 268 g/mol. The van der Waals surface area contributed by atoms with Crippen molar-refractivity contribution in [1.82, 2.24) is 4.57 Å². The van der Waals surface area contributed by atoms with Gasteiger partial charge in [-0.3, -0.25) is 4.79 Å². The molecule has 0 amide bonds. The maximum Gasteiger partial charge on any atom is 0.255 e. The fourth-order valence-corrected chi connectivity index (χ4v) is 2.37. The third-order valence-corrected chi connectivity index (χ3v) is 3.52. The molecule has 1 aromatic carbocycles. The Kier molecular flexibility index (Phi) is 3.11. The van der Waals surface area contributed by atoms with Crippen LogP contribution in [0.5, 0.6) is 0 Å². The zero-order valence-electron chi connectivity index (χ0n) is 10.8. The number of nitrogens with zero attached hydrogens (tertiary/aromatic N) is 2. The van der Waals surface area contributed by atoms with Crippen LogP contribution < -0.4 is 5.56 Å². The third kappa shape index (κ3) is 2.23. The number of aromatic nitrogens is 1. The predicted molar refractivity (Wildman–Crippen MR) is 73.7 cm³/mol. The number of halogens is 1. The number of benzene rings is 1. The summed E-state index contributed by atoms with van der Waals surface area (Å²) in [7, 11) is 0. The minimum absolute atomic E-state index is 0.101. The van der Waals surface area contributed by atoms with Crippen molar-refractivity contribution in [3.8, 4) is 17.3 Å². The lowest BCUT2D eigenvalue weighted by molar-refractivity contribution is 0.628. The van der Waals surface area contributed by atoms with E-state index in [0.29, 0.717) is 5.56 Å². The molecular formula is C16H13FN2O. The van der Waals surface area contributed by atoms with Crippen molar-refractivity contribution in [3.63, 3.8) is 0 Å². The molecule has 4 heteroatoms. The summed E-state index contributed by atoms with van der Waals surface area (Å²) in [5.74, 6) is -0.296. The van der Waals surface area contributed by atoms with Crippen LogP contribution in [-0.2, 0) is 6.42 Å². The van der Waals surface area contributed by atoms with Crippen LogP contribution in [-0.4, -0.2) is 4.57 Å². The summed E-state index contributed by atoms with van der Waals surface area (Å²) >= 11 is 0. The molecule has 0 aliphatic heterocycles. The molecule has 1 aromatic heterocycles. The van der Waals surface area contributed by atoms with E-state index in [1.807, 2.05) is 12.1 Å². The SMILES string of the molecule is N#CCc1ccc(-c2ccc(F)cc2)n(C2CC2)c1=O. The number of hydrogen-bond acceptors (Lipinski definition) is 2. The molecule has 1 fully saturated rings. The van der Waals surface area contributed by atoms with Crippen molar-refractivity contribution in [1.29, 1.82) is 5.26 Å². The van der Waals surface area contributed by atoms with Gasteiger partial charge in [-0.15, -0.1) is 0 Å². The minimum atomic E-state index is -0.296. The summed E-state index contributed by atoms with van der Waals surface area (Å²) in [6, 6.07) is 11.9. The van der Waals surface area contributed by atoms with Crippen LogP contribution in [0.2, 0.25) is 0 Å². The lowest BCUT2D eigenvalue weighted by Gasteiger charge is -2.13. The molecular weight excluding hydrogens is 255 g/mol. The van der Waals surface area contributed by atoms with Gasteiger partial charge in [-0.2, -0.15) is 5.26 Å². The first-order valence-corrected chi connectivity index (χ1v) is 6.58. The van der Waals surface area contributed by atoms with Gasteiger partial charge in [0.25, 0.3) is 5.56 Å². The molecule has 3 rings (SSSR count). The normalized spacial score (nSPS) is 14.0. The van der Waals surface area contributed by atoms with Gasteiger partial charge in [0.1, 0.15) is 5.82 Å². The topological polar surface area (TPSA) is 45.8 Å². The van der Waals surface area contributed by atoms with Crippen LogP contribution in [0, 0.1) is 17.1 Å². The van der Waals surface area contributed by atoms with E-state index in [9.17, 15) is 9.18 Å². The van der Waals surface area contributed by atoms with Crippen LogP contribution in [0.3, 0.4) is 0 Å². The Balaban J connectivity index is 2.16. The summed E-state index contributed by atoms with van der Waals surface area (Å²) in [5.41, 5.74) is 2.03. The lowest BCUT2D eigenvalue weighted by Crippen LogP contribution is -2.24. The average Bonchev–Trinajstić information content (AvgIpc) is 3.26. The molecule has 1 heterocycles. The van der Waals surface area contributed by atoms with Gasteiger partial charge in [0.05, 0.1) is 18.2 Å². The van der Waals surface area contributed by atoms with Crippen molar-refractivity contribution in [2.45, 2.75) is 25.3 Å². The van der Waals surface area contributed by atoms with Crippen molar-refractivity contribution in [3.05, 3.63) is 58.1 Å². The van der Waals surface area contributed by atoms with Crippen LogP contribution in [0.25, 0.3) is 11.3 Å². The fourth-order valence-electron chi connectivity index (χ4n) is 2.37. The summed E-state index contributed by atoms with van der Waals surface area (Å²) in [4.78, 5) is 12.4. The van der Waals surface area contributed by atoms with Gasteiger partial charge < -0.3 is 4.57 Å². The zero-order chi connectivity index (χ0) is 14.1. The molecule has 0 spiro atoms. The summed E-state index contributed by atoms with van der Waals surface area (Å²) in [6.07, 6.45) is 2.07. The van der Waals surface area contributed by atoms with E-state index in [1.54, 1.807) is 22.8 Å². The monoisotopic (exact) mass is 268 g/mol. The lowest BCUT2D eigenvalue weighted by atomic mass is 10.1. The quantitative estimate of drug-likeness (QED) is 0.858. The first kappa shape index (κ1) is 12.6. The molecule has 0 saturated heterocycles. The maximum absolute atomic E-state index is 13.0. The molecule has 1 aliphatic rings. The summed E-state index contributed by atoms with van der Waals surface area (Å²) < 4.78 is 14.8. The van der Waals surface area contributed by atoms with E-state index < -0.39 is 0 Å². The Labute approximate surface area is 115 Å². The Hall–Kier alpha value is -2.41. The number of rotatable bonds is 3. The molecule has 1 saturated carbocycles. The highest BCUT2D eigenvalue weighted by Gasteiger charge is 2.27. The smallest absolute Gasteiger partial charge is 0.255 e. The van der Waals surface area contributed by atoms with Crippen molar-refractivity contribution >= 4 is 0 Å². The molecule has 100 valence electrons. The molecule has 0 atom stereocenters. The number of pyridine rings is 1. The fraction of sp³-hybridized carbons (Fsp3) is 0.250. The van der Waals surface area contributed by atoms with Gasteiger partial charge in [-0.25, -0.2) is 4.39 Å². The van der Waals surface area contributed by atoms with Crippen LogP contribution >= 0.6 is 0 Å². The van der Waals surface area contributed by atoms with E-state index >= 15 is 0 Å². The van der Waals surface area contributed by atoms with Crippen molar-refractivity contribution in [2.75, 3.05) is 0 Å². The van der Waals surface area contributed by atoms with Crippen LogP contribution in [0.15, 0.2) is 41.2 Å². The van der Waals surface area contributed by atoms with E-state index in [4.69, 9.17) is 5.26 Å². The molecule has 0 unspecified atom stereocenters. The van der Waals surface area contributed by atoms with Gasteiger partial charge >= 0.3 is 0 Å². The van der Waals surface area contributed by atoms with E-state index in [2.05, 4.69) is 0 Å². The molecule has 0 N–H and O–H groups in total. The van der Waals surface area contributed by atoms with Gasteiger partial charge in [-0.1, -0.05) is 6.07 Å². The third-order valence-electron chi connectivity index (χ3n) is 3.52. The Morgan fingerprint density at radius 1 is 1.20 bits per heavy atom. The largest absolute Gasteiger partial charge is 0.305 e. The number of nitriles is 1.